The van der Waals surface area contributed by atoms with Gasteiger partial charge in [0.25, 0.3) is 0 Å². The van der Waals surface area contributed by atoms with Gasteiger partial charge in [-0.2, -0.15) is 5.10 Å². The quantitative estimate of drug-likeness (QED) is 0.744. The molecule has 2 aromatic heterocycles. The van der Waals surface area contributed by atoms with Crippen molar-refractivity contribution in [2.45, 2.75) is 32.7 Å². The van der Waals surface area contributed by atoms with Crippen LogP contribution in [0.25, 0.3) is 11.3 Å². The first-order valence-electron chi connectivity index (χ1n) is 8.97. The molecule has 3 heterocycles. The number of urea groups is 1. The summed E-state index contributed by atoms with van der Waals surface area (Å²) in [5.41, 5.74) is 2.49. The van der Waals surface area contributed by atoms with Crippen LogP contribution in [0.4, 0.5) is 10.5 Å². The fourth-order valence-corrected chi connectivity index (χ4v) is 3.36. The number of aryl methyl sites for hydroxylation is 2. The van der Waals surface area contributed by atoms with Crippen molar-refractivity contribution < 1.29 is 4.79 Å². The van der Waals surface area contributed by atoms with E-state index < -0.39 is 0 Å². The minimum atomic E-state index is -0.143. The summed E-state index contributed by atoms with van der Waals surface area (Å²) in [5, 5.41) is 10.1. The summed E-state index contributed by atoms with van der Waals surface area (Å²) in [6, 6.07) is 9.28. The lowest BCUT2D eigenvalue weighted by Gasteiger charge is -2.23. The highest BCUT2D eigenvalue weighted by Crippen LogP contribution is 2.30. The highest BCUT2D eigenvalue weighted by atomic mass is 16.2. The highest BCUT2D eigenvalue weighted by molar-refractivity contribution is 5.90. The monoisotopic (exact) mass is 363 g/mol. The molecule has 0 spiro atoms. The molecule has 0 unspecified atom stereocenters. The lowest BCUT2D eigenvalue weighted by molar-refractivity contribution is 0.205. The van der Waals surface area contributed by atoms with Gasteiger partial charge in [-0.25, -0.2) is 19.7 Å². The van der Waals surface area contributed by atoms with E-state index in [4.69, 9.17) is 0 Å². The minimum Gasteiger partial charge on any atom is -0.314 e. The molecule has 0 aliphatic carbocycles. The molecule has 0 radical (unpaired) electrons. The number of anilines is 1. The average molecular weight is 363 g/mol. The second-order valence-electron chi connectivity index (χ2n) is 6.63. The zero-order valence-corrected chi connectivity index (χ0v) is 15.3. The molecular weight excluding hydrogens is 342 g/mol. The Balaban J connectivity index is 1.52. The van der Waals surface area contributed by atoms with Crippen molar-refractivity contribution >= 4 is 11.7 Å². The Morgan fingerprint density at radius 1 is 1.26 bits per heavy atom. The molecule has 2 amide bonds. The van der Waals surface area contributed by atoms with E-state index >= 15 is 0 Å². The van der Waals surface area contributed by atoms with Crippen molar-refractivity contribution in [2.24, 2.45) is 0 Å². The summed E-state index contributed by atoms with van der Waals surface area (Å²) in [5.74, 6) is 2.14. The maximum Gasteiger partial charge on any atom is 0.322 e. The van der Waals surface area contributed by atoms with Crippen molar-refractivity contribution in [3.05, 3.63) is 54.0 Å². The van der Waals surface area contributed by atoms with Crippen LogP contribution in [-0.4, -0.2) is 42.6 Å². The van der Waals surface area contributed by atoms with Gasteiger partial charge < -0.3 is 10.2 Å². The smallest absolute Gasteiger partial charge is 0.314 e. The van der Waals surface area contributed by atoms with Gasteiger partial charge in [0, 0.05) is 24.0 Å². The first-order chi connectivity index (χ1) is 13.1. The number of aromatic nitrogens is 5. The van der Waals surface area contributed by atoms with Crippen LogP contribution in [0.5, 0.6) is 0 Å². The molecule has 1 aliphatic rings. The third-order valence-electron chi connectivity index (χ3n) is 4.61. The minimum absolute atomic E-state index is 0.0948. The lowest BCUT2D eigenvalue weighted by atomic mass is 10.1. The number of nitrogens with zero attached hydrogens (tertiary/aromatic N) is 5. The van der Waals surface area contributed by atoms with E-state index in [0.717, 1.165) is 35.6 Å². The maximum atomic E-state index is 12.8. The van der Waals surface area contributed by atoms with Gasteiger partial charge in [-0.3, -0.25) is 5.10 Å². The van der Waals surface area contributed by atoms with Crippen LogP contribution in [0.3, 0.4) is 0 Å². The summed E-state index contributed by atoms with van der Waals surface area (Å²) in [6.07, 6.45) is 3.54. The van der Waals surface area contributed by atoms with Crippen LogP contribution < -0.4 is 5.32 Å². The Labute approximate surface area is 157 Å². The van der Waals surface area contributed by atoms with Crippen LogP contribution >= 0.6 is 0 Å². The molecule has 1 aromatic carbocycles. The van der Waals surface area contributed by atoms with Gasteiger partial charge >= 0.3 is 6.03 Å². The normalized spacial score (nSPS) is 16.5. The predicted octanol–water partition coefficient (Wildman–Crippen LogP) is 3.25. The molecule has 1 fully saturated rings. The van der Waals surface area contributed by atoms with Gasteiger partial charge in [-0.1, -0.05) is 12.1 Å². The Bertz CT molecular complexity index is 968. The summed E-state index contributed by atoms with van der Waals surface area (Å²) in [7, 11) is 0. The van der Waals surface area contributed by atoms with Crippen LogP contribution in [0.15, 0.2) is 36.5 Å². The average Bonchev–Trinajstić information content (AvgIpc) is 3.30. The summed E-state index contributed by atoms with van der Waals surface area (Å²) in [4.78, 5) is 27.6. The largest absolute Gasteiger partial charge is 0.322 e. The van der Waals surface area contributed by atoms with Gasteiger partial charge in [-0.05, 0) is 44.9 Å². The second-order valence-corrected chi connectivity index (χ2v) is 6.63. The number of likely N-dealkylation sites (tertiary alicyclic amines) is 1. The lowest BCUT2D eigenvalue weighted by Crippen LogP contribution is -2.34. The Hall–Kier alpha value is -3.29. The van der Waals surface area contributed by atoms with Crippen LogP contribution in [0, 0.1) is 13.8 Å². The Morgan fingerprint density at radius 2 is 2.15 bits per heavy atom. The van der Waals surface area contributed by atoms with E-state index in [9.17, 15) is 4.79 Å². The van der Waals surface area contributed by atoms with Crippen molar-refractivity contribution in [2.75, 3.05) is 11.9 Å². The van der Waals surface area contributed by atoms with E-state index in [1.54, 1.807) is 11.1 Å². The van der Waals surface area contributed by atoms with Gasteiger partial charge in [0.2, 0.25) is 0 Å². The zero-order valence-electron chi connectivity index (χ0n) is 15.3. The molecule has 4 rings (SSSR count). The number of H-pyrrole nitrogens is 1. The number of aromatic amines is 1. The van der Waals surface area contributed by atoms with E-state index in [-0.39, 0.29) is 12.1 Å². The molecule has 27 heavy (non-hydrogen) atoms. The summed E-state index contributed by atoms with van der Waals surface area (Å²) >= 11 is 0. The number of benzene rings is 1. The van der Waals surface area contributed by atoms with Gasteiger partial charge in [-0.15, -0.1) is 0 Å². The number of rotatable bonds is 3. The Morgan fingerprint density at radius 3 is 2.93 bits per heavy atom. The van der Waals surface area contributed by atoms with Crippen LogP contribution in [-0.2, 0) is 0 Å². The molecule has 0 saturated carbocycles. The standard InChI is InChI=1S/C19H21N7O/c1-12-20-9-8-16(21-12)14-5-3-6-15(11-14)23-19(27)26-10-4-7-17(26)18-22-13(2)24-25-18/h3,5-6,8-9,11,17H,4,7,10H2,1-2H3,(H,23,27)(H,22,24,25)/t17-/m1/s1. The SMILES string of the molecule is Cc1nccc(-c2cccc(NC(=O)N3CCC[C@@H]3c3n[nH]c(C)n3)c2)n1. The van der Waals surface area contributed by atoms with Gasteiger partial charge in [0.15, 0.2) is 5.82 Å². The Kier molecular flexibility index (Phi) is 4.53. The molecule has 138 valence electrons. The maximum absolute atomic E-state index is 12.8. The number of hydrogen-bond donors (Lipinski definition) is 2. The molecule has 1 atom stereocenters. The molecule has 2 N–H and O–H groups in total. The molecule has 8 heteroatoms. The topological polar surface area (TPSA) is 99.7 Å². The fourth-order valence-electron chi connectivity index (χ4n) is 3.36. The second kappa shape index (κ2) is 7.14. The number of carbonyl (C=O) groups is 1. The molecule has 0 bridgehead atoms. The fraction of sp³-hybridized carbons (Fsp3) is 0.316. The van der Waals surface area contributed by atoms with Crippen molar-refractivity contribution in [3.63, 3.8) is 0 Å². The van der Waals surface area contributed by atoms with Crippen molar-refractivity contribution in [3.8, 4) is 11.3 Å². The third-order valence-corrected chi connectivity index (χ3v) is 4.61. The number of hydrogen-bond acceptors (Lipinski definition) is 5. The molecule has 8 nitrogen and oxygen atoms in total. The summed E-state index contributed by atoms with van der Waals surface area (Å²) in [6.45, 7) is 4.40. The third kappa shape index (κ3) is 3.64. The van der Waals surface area contributed by atoms with Gasteiger partial charge in [0.05, 0.1) is 11.7 Å². The molecule has 1 saturated heterocycles. The summed E-state index contributed by atoms with van der Waals surface area (Å²) < 4.78 is 0. The zero-order chi connectivity index (χ0) is 18.8. The number of carbonyl (C=O) groups excluding carboxylic acids is 1. The number of nitrogens with one attached hydrogen (secondary N) is 2. The van der Waals surface area contributed by atoms with E-state index in [1.165, 1.54) is 0 Å². The van der Waals surface area contributed by atoms with Crippen LogP contribution in [0.2, 0.25) is 0 Å². The van der Waals surface area contributed by atoms with Crippen LogP contribution in [0.1, 0.15) is 36.4 Å². The highest BCUT2D eigenvalue weighted by Gasteiger charge is 2.32. The first kappa shape index (κ1) is 17.1. The first-order valence-corrected chi connectivity index (χ1v) is 8.97. The van der Waals surface area contributed by atoms with Crippen molar-refractivity contribution in [1.82, 2.24) is 30.0 Å². The predicted molar refractivity (Wildman–Crippen MR) is 101 cm³/mol. The van der Waals surface area contributed by atoms with E-state index in [0.29, 0.717) is 18.2 Å². The molecule has 3 aromatic rings. The van der Waals surface area contributed by atoms with E-state index in [2.05, 4.69) is 30.5 Å². The van der Waals surface area contributed by atoms with E-state index in [1.807, 2.05) is 44.2 Å². The van der Waals surface area contributed by atoms with Gasteiger partial charge in [0.1, 0.15) is 11.6 Å². The number of amides is 2. The molecule has 1 aliphatic heterocycles. The molecular formula is C19H21N7O. The van der Waals surface area contributed by atoms with Crippen molar-refractivity contribution in [1.29, 1.82) is 0 Å².